The molecule has 1 saturated heterocycles. The standard InChI is InChI=1S/C11H11ClN4O3/c12-7-5-8-10(6-9(7)16(17)18)19-11(14-8)15-3-1-13-2-4-15/h5-6,13H,1-4H2. The van der Waals surface area contributed by atoms with Crippen molar-refractivity contribution in [2.75, 3.05) is 31.1 Å². The van der Waals surface area contributed by atoms with Gasteiger partial charge in [0.2, 0.25) is 0 Å². The summed E-state index contributed by atoms with van der Waals surface area (Å²) >= 11 is 5.85. The summed E-state index contributed by atoms with van der Waals surface area (Å²) < 4.78 is 5.58. The Balaban J connectivity index is 2.02. The normalized spacial score (nSPS) is 15.9. The predicted molar refractivity (Wildman–Crippen MR) is 70.8 cm³/mol. The van der Waals surface area contributed by atoms with E-state index in [1.165, 1.54) is 12.1 Å². The lowest BCUT2D eigenvalue weighted by Crippen LogP contribution is -2.43. The number of anilines is 1. The summed E-state index contributed by atoms with van der Waals surface area (Å²) in [5, 5.41) is 14.1. The Morgan fingerprint density at radius 2 is 2.16 bits per heavy atom. The maximum Gasteiger partial charge on any atom is 0.298 e. The van der Waals surface area contributed by atoms with Gasteiger partial charge in [-0.05, 0) is 6.07 Å². The van der Waals surface area contributed by atoms with Crippen molar-refractivity contribution in [3.05, 3.63) is 27.3 Å². The molecule has 3 rings (SSSR count). The minimum atomic E-state index is -0.533. The first kappa shape index (κ1) is 12.2. The second kappa shape index (κ2) is 4.67. The van der Waals surface area contributed by atoms with E-state index < -0.39 is 4.92 Å². The van der Waals surface area contributed by atoms with Gasteiger partial charge in [-0.1, -0.05) is 11.6 Å². The van der Waals surface area contributed by atoms with E-state index in [0.29, 0.717) is 17.1 Å². The van der Waals surface area contributed by atoms with Crippen LogP contribution in [-0.4, -0.2) is 36.1 Å². The zero-order valence-electron chi connectivity index (χ0n) is 9.93. The second-order valence-corrected chi connectivity index (χ2v) is 4.67. The Morgan fingerprint density at radius 3 is 2.84 bits per heavy atom. The van der Waals surface area contributed by atoms with Crippen LogP contribution < -0.4 is 10.2 Å². The SMILES string of the molecule is O=[N+]([O-])c1cc2oc(N3CCNCC3)nc2cc1Cl. The summed E-state index contributed by atoms with van der Waals surface area (Å²) in [6, 6.07) is 3.26. The van der Waals surface area contributed by atoms with Crippen molar-refractivity contribution in [3.63, 3.8) is 0 Å². The monoisotopic (exact) mass is 282 g/mol. The minimum absolute atomic E-state index is 0.0673. The number of nitrogens with zero attached hydrogens (tertiary/aromatic N) is 3. The molecule has 1 aromatic carbocycles. The Bertz CT molecular complexity index is 636. The van der Waals surface area contributed by atoms with Gasteiger partial charge in [0.25, 0.3) is 11.7 Å². The molecule has 7 nitrogen and oxygen atoms in total. The summed E-state index contributed by atoms with van der Waals surface area (Å²) in [4.78, 5) is 16.6. The maximum atomic E-state index is 10.8. The van der Waals surface area contributed by atoms with E-state index in [4.69, 9.17) is 16.0 Å². The zero-order valence-corrected chi connectivity index (χ0v) is 10.7. The van der Waals surface area contributed by atoms with Crippen LogP contribution in [0.1, 0.15) is 0 Å². The number of benzene rings is 1. The lowest BCUT2D eigenvalue weighted by molar-refractivity contribution is -0.384. The summed E-state index contributed by atoms with van der Waals surface area (Å²) in [7, 11) is 0. The molecule has 2 aromatic rings. The highest BCUT2D eigenvalue weighted by molar-refractivity contribution is 6.33. The van der Waals surface area contributed by atoms with E-state index in [0.717, 1.165) is 26.2 Å². The minimum Gasteiger partial charge on any atom is -0.423 e. The molecule has 0 unspecified atom stereocenters. The molecule has 1 N–H and O–H groups in total. The molecule has 8 heteroatoms. The van der Waals surface area contributed by atoms with Gasteiger partial charge in [0.1, 0.15) is 10.5 Å². The van der Waals surface area contributed by atoms with Crippen LogP contribution in [-0.2, 0) is 0 Å². The van der Waals surface area contributed by atoms with Gasteiger partial charge in [0.05, 0.1) is 11.0 Å². The van der Waals surface area contributed by atoms with E-state index in [2.05, 4.69) is 10.3 Å². The fourth-order valence-electron chi connectivity index (χ4n) is 2.06. The van der Waals surface area contributed by atoms with Crippen molar-refractivity contribution in [1.82, 2.24) is 10.3 Å². The van der Waals surface area contributed by atoms with Crippen LogP contribution >= 0.6 is 11.6 Å². The quantitative estimate of drug-likeness (QED) is 0.668. The van der Waals surface area contributed by atoms with Crippen molar-refractivity contribution in [3.8, 4) is 0 Å². The predicted octanol–water partition coefficient (Wildman–Crippen LogP) is 1.80. The first-order chi connectivity index (χ1) is 9.15. The molecular formula is C11H11ClN4O3. The van der Waals surface area contributed by atoms with E-state index in [1.54, 1.807) is 0 Å². The van der Waals surface area contributed by atoms with Gasteiger partial charge in [0, 0.05) is 26.2 Å². The van der Waals surface area contributed by atoms with Crippen molar-refractivity contribution in [2.45, 2.75) is 0 Å². The Hall–Kier alpha value is -1.86. The molecule has 0 amide bonds. The molecule has 0 spiro atoms. The number of hydrogen-bond acceptors (Lipinski definition) is 6. The highest BCUT2D eigenvalue weighted by atomic mass is 35.5. The molecule has 1 aliphatic rings. The average Bonchev–Trinajstić information content (AvgIpc) is 2.81. The van der Waals surface area contributed by atoms with Crippen molar-refractivity contribution in [1.29, 1.82) is 0 Å². The number of hydrogen-bond donors (Lipinski definition) is 1. The van der Waals surface area contributed by atoms with E-state index >= 15 is 0 Å². The first-order valence-corrected chi connectivity index (χ1v) is 6.23. The number of halogens is 1. The summed E-state index contributed by atoms with van der Waals surface area (Å²) in [5.74, 6) is 0. The molecule has 0 radical (unpaired) electrons. The number of aromatic nitrogens is 1. The molecule has 0 bridgehead atoms. The van der Waals surface area contributed by atoms with Crippen LogP contribution in [0.3, 0.4) is 0 Å². The van der Waals surface area contributed by atoms with Gasteiger partial charge in [0.15, 0.2) is 5.58 Å². The molecule has 0 saturated carbocycles. The van der Waals surface area contributed by atoms with Crippen molar-refractivity contribution < 1.29 is 9.34 Å². The Labute approximate surface area is 113 Å². The highest BCUT2D eigenvalue weighted by Crippen LogP contribution is 2.31. The molecule has 1 aliphatic heterocycles. The Kier molecular flexibility index (Phi) is 3.00. The van der Waals surface area contributed by atoms with Gasteiger partial charge in [-0.3, -0.25) is 10.1 Å². The number of oxazole rings is 1. The van der Waals surface area contributed by atoms with Gasteiger partial charge in [-0.25, -0.2) is 0 Å². The molecule has 1 aromatic heterocycles. The Morgan fingerprint density at radius 1 is 1.42 bits per heavy atom. The van der Waals surface area contributed by atoms with Crippen molar-refractivity contribution in [2.24, 2.45) is 0 Å². The molecule has 0 aliphatic carbocycles. The topological polar surface area (TPSA) is 84.4 Å². The lowest BCUT2D eigenvalue weighted by Gasteiger charge is -2.25. The van der Waals surface area contributed by atoms with E-state index in [-0.39, 0.29) is 10.7 Å². The molecule has 19 heavy (non-hydrogen) atoms. The van der Waals surface area contributed by atoms with Crippen LogP contribution in [0, 0.1) is 10.1 Å². The zero-order chi connectivity index (χ0) is 13.4. The first-order valence-electron chi connectivity index (χ1n) is 5.85. The molecular weight excluding hydrogens is 272 g/mol. The van der Waals surface area contributed by atoms with Gasteiger partial charge >= 0.3 is 0 Å². The number of piperazine rings is 1. The van der Waals surface area contributed by atoms with Crippen LogP contribution in [0.2, 0.25) is 5.02 Å². The summed E-state index contributed by atoms with van der Waals surface area (Å²) in [6.45, 7) is 3.31. The average molecular weight is 283 g/mol. The third-order valence-corrected chi connectivity index (χ3v) is 3.33. The van der Waals surface area contributed by atoms with Crippen molar-refractivity contribution >= 4 is 34.4 Å². The molecule has 0 atom stereocenters. The van der Waals surface area contributed by atoms with Crippen LogP contribution in [0.5, 0.6) is 0 Å². The second-order valence-electron chi connectivity index (χ2n) is 4.26. The van der Waals surface area contributed by atoms with E-state index in [9.17, 15) is 10.1 Å². The number of nitro groups is 1. The third kappa shape index (κ3) is 2.22. The number of rotatable bonds is 2. The fraction of sp³-hybridized carbons (Fsp3) is 0.364. The molecule has 1 fully saturated rings. The molecule has 100 valence electrons. The number of nitro benzene ring substituents is 1. The maximum absolute atomic E-state index is 10.8. The number of nitrogens with one attached hydrogen (secondary N) is 1. The fourth-order valence-corrected chi connectivity index (χ4v) is 2.28. The van der Waals surface area contributed by atoms with Gasteiger partial charge < -0.3 is 14.6 Å². The van der Waals surface area contributed by atoms with Gasteiger partial charge in [-0.15, -0.1) is 0 Å². The molecule has 2 heterocycles. The summed E-state index contributed by atoms with van der Waals surface area (Å²) in [5.41, 5.74) is 0.742. The lowest BCUT2D eigenvalue weighted by atomic mass is 10.3. The van der Waals surface area contributed by atoms with Crippen LogP contribution in [0.25, 0.3) is 11.1 Å². The third-order valence-electron chi connectivity index (χ3n) is 3.03. The van der Waals surface area contributed by atoms with Gasteiger partial charge in [-0.2, -0.15) is 4.98 Å². The summed E-state index contributed by atoms with van der Waals surface area (Å²) in [6.07, 6.45) is 0. The number of fused-ring (bicyclic) bond motifs is 1. The smallest absolute Gasteiger partial charge is 0.298 e. The van der Waals surface area contributed by atoms with Crippen LogP contribution in [0.15, 0.2) is 16.5 Å². The van der Waals surface area contributed by atoms with E-state index in [1.807, 2.05) is 4.90 Å². The highest BCUT2D eigenvalue weighted by Gasteiger charge is 2.20. The van der Waals surface area contributed by atoms with Crippen LogP contribution in [0.4, 0.5) is 11.7 Å². The largest absolute Gasteiger partial charge is 0.423 e.